The number of pyridine rings is 2. The number of allylic oxidation sites excluding steroid dienone is 1. The Morgan fingerprint density at radius 1 is 1.07 bits per heavy atom. The van der Waals surface area contributed by atoms with Crippen LogP contribution >= 0.6 is 12.6 Å². The van der Waals surface area contributed by atoms with Crippen molar-refractivity contribution in [1.82, 2.24) is 19.8 Å². The SMILES string of the molecule is C=CC.O=C(CCCS)N1CCN(C(=O)c2ccc(-c3ccccn3)nc2)CC1. The van der Waals surface area contributed by atoms with Gasteiger partial charge in [0.2, 0.25) is 5.91 Å². The van der Waals surface area contributed by atoms with Gasteiger partial charge >= 0.3 is 0 Å². The molecule has 0 radical (unpaired) electrons. The molecule has 0 unspecified atom stereocenters. The Morgan fingerprint density at radius 3 is 2.28 bits per heavy atom. The molecule has 29 heavy (non-hydrogen) atoms. The molecule has 0 saturated carbocycles. The fourth-order valence-electron chi connectivity index (χ4n) is 2.92. The van der Waals surface area contributed by atoms with Crippen molar-refractivity contribution in [3.05, 3.63) is 60.9 Å². The Labute approximate surface area is 178 Å². The Kier molecular flexibility index (Phi) is 9.37. The first-order valence-electron chi connectivity index (χ1n) is 9.73. The number of hydrogen-bond donors (Lipinski definition) is 1. The van der Waals surface area contributed by atoms with Crippen molar-refractivity contribution in [3.63, 3.8) is 0 Å². The molecule has 2 aromatic heterocycles. The molecule has 7 heteroatoms. The second-order valence-electron chi connectivity index (χ2n) is 6.56. The molecular formula is C22H28N4O2S. The highest BCUT2D eigenvalue weighted by atomic mass is 32.1. The number of carbonyl (C=O) groups is 2. The first kappa shape index (κ1) is 22.6. The van der Waals surface area contributed by atoms with Crippen molar-refractivity contribution >= 4 is 24.4 Å². The first-order valence-corrected chi connectivity index (χ1v) is 10.4. The zero-order valence-electron chi connectivity index (χ0n) is 16.8. The fourth-order valence-corrected chi connectivity index (χ4v) is 3.07. The van der Waals surface area contributed by atoms with Crippen molar-refractivity contribution in [3.8, 4) is 11.4 Å². The maximum Gasteiger partial charge on any atom is 0.255 e. The highest BCUT2D eigenvalue weighted by Crippen LogP contribution is 2.15. The third kappa shape index (κ3) is 6.71. The average Bonchev–Trinajstić information content (AvgIpc) is 2.78. The van der Waals surface area contributed by atoms with Crippen LogP contribution in [0.15, 0.2) is 55.4 Å². The minimum atomic E-state index is -0.0486. The predicted octanol–water partition coefficient (Wildman–Crippen LogP) is 3.33. The molecule has 2 amide bonds. The van der Waals surface area contributed by atoms with Gasteiger partial charge in [0.15, 0.2) is 0 Å². The van der Waals surface area contributed by atoms with Gasteiger partial charge in [0.1, 0.15) is 0 Å². The van der Waals surface area contributed by atoms with Gasteiger partial charge in [-0.25, -0.2) is 0 Å². The Bertz CT molecular complexity index is 788. The summed E-state index contributed by atoms with van der Waals surface area (Å²) in [6, 6.07) is 9.23. The summed E-state index contributed by atoms with van der Waals surface area (Å²) >= 11 is 4.14. The third-order valence-corrected chi connectivity index (χ3v) is 4.72. The molecule has 0 bridgehead atoms. The predicted molar refractivity (Wildman–Crippen MR) is 119 cm³/mol. The summed E-state index contributed by atoms with van der Waals surface area (Å²) in [5, 5.41) is 0. The molecule has 0 spiro atoms. The summed E-state index contributed by atoms with van der Waals surface area (Å²) in [5.74, 6) is 0.811. The van der Waals surface area contributed by atoms with Crippen LogP contribution < -0.4 is 0 Å². The summed E-state index contributed by atoms with van der Waals surface area (Å²) in [4.78, 5) is 36.9. The van der Waals surface area contributed by atoms with Gasteiger partial charge in [-0.05, 0) is 43.4 Å². The van der Waals surface area contributed by atoms with E-state index in [0.29, 0.717) is 43.9 Å². The summed E-state index contributed by atoms with van der Waals surface area (Å²) in [6.07, 6.45) is 6.37. The Balaban J connectivity index is 0.000000941. The smallest absolute Gasteiger partial charge is 0.255 e. The van der Waals surface area contributed by atoms with Crippen molar-refractivity contribution in [2.75, 3.05) is 31.9 Å². The van der Waals surface area contributed by atoms with Gasteiger partial charge < -0.3 is 9.80 Å². The van der Waals surface area contributed by atoms with Crippen LogP contribution in [-0.4, -0.2) is 63.5 Å². The highest BCUT2D eigenvalue weighted by molar-refractivity contribution is 7.80. The van der Waals surface area contributed by atoms with Crippen molar-refractivity contribution in [1.29, 1.82) is 0 Å². The lowest BCUT2D eigenvalue weighted by molar-refractivity contribution is -0.132. The van der Waals surface area contributed by atoms with Gasteiger partial charge in [-0.1, -0.05) is 12.1 Å². The van der Waals surface area contributed by atoms with Gasteiger partial charge in [0, 0.05) is 45.0 Å². The van der Waals surface area contributed by atoms with Crippen LogP contribution in [0.25, 0.3) is 11.4 Å². The van der Waals surface area contributed by atoms with Gasteiger partial charge in [-0.3, -0.25) is 19.6 Å². The lowest BCUT2D eigenvalue weighted by Crippen LogP contribution is -2.50. The second-order valence-corrected chi connectivity index (χ2v) is 7.00. The van der Waals surface area contributed by atoms with Gasteiger partial charge in [0.25, 0.3) is 5.91 Å². The zero-order chi connectivity index (χ0) is 21.1. The van der Waals surface area contributed by atoms with E-state index < -0.39 is 0 Å². The molecule has 1 aliphatic rings. The van der Waals surface area contributed by atoms with Crippen LogP contribution in [0.2, 0.25) is 0 Å². The minimum Gasteiger partial charge on any atom is -0.339 e. The third-order valence-electron chi connectivity index (χ3n) is 4.41. The quantitative estimate of drug-likeness (QED) is 0.604. The van der Waals surface area contributed by atoms with E-state index in [9.17, 15) is 9.59 Å². The van der Waals surface area contributed by atoms with E-state index in [1.807, 2.05) is 36.1 Å². The molecular weight excluding hydrogens is 384 g/mol. The van der Waals surface area contributed by atoms with Crippen LogP contribution in [0.1, 0.15) is 30.1 Å². The number of rotatable bonds is 5. The number of nitrogens with zero attached hydrogens (tertiary/aromatic N) is 4. The van der Waals surface area contributed by atoms with Gasteiger partial charge in [-0.2, -0.15) is 12.6 Å². The molecule has 1 aliphatic heterocycles. The van der Waals surface area contributed by atoms with E-state index in [1.165, 1.54) is 0 Å². The van der Waals surface area contributed by atoms with Gasteiger partial charge in [0.05, 0.1) is 17.0 Å². The monoisotopic (exact) mass is 412 g/mol. The molecule has 3 rings (SSSR count). The lowest BCUT2D eigenvalue weighted by atomic mass is 10.1. The molecule has 2 aromatic rings. The van der Waals surface area contributed by atoms with E-state index in [1.54, 1.807) is 29.4 Å². The van der Waals surface area contributed by atoms with E-state index in [0.717, 1.165) is 17.8 Å². The zero-order valence-corrected chi connectivity index (χ0v) is 17.7. The van der Waals surface area contributed by atoms with E-state index in [4.69, 9.17) is 0 Å². The standard InChI is InChI=1S/C19H22N4O2S.C3H6/c24-18(5-3-13-26)22-9-11-23(12-10-22)19(25)15-6-7-17(21-14-15)16-4-1-2-8-20-16;1-3-2/h1-2,4,6-8,14,26H,3,5,9-13H2;3H,1H2,2H3. The topological polar surface area (TPSA) is 66.4 Å². The Morgan fingerprint density at radius 2 is 1.72 bits per heavy atom. The van der Waals surface area contributed by atoms with E-state index >= 15 is 0 Å². The summed E-state index contributed by atoms with van der Waals surface area (Å²) in [6.45, 7) is 7.51. The van der Waals surface area contributed by atoms with E-state index in [2.05, 4.69) is 29.2 Å². The lowest BCUT2D eigenvalue weighted by Gasteiger charge is -2.34. The molecule has 6 nitrogen and oxygen atoms in total. The molecule has 3 heterocycles. The van der Waals surface area contributed by atoms with Crippen molar-refractivity contribution < 1.29 is 9.59 Å². The summed E-state index contributed by atoms with van der Waals surface area (Å²) in [7, 11) is 0. The maximum absolute atomic E-state index is 12.7. The normalized spacial score (nSPS) is 13.3. The molecule has 0 aromatic carbocycles. The van der Waals surface area contributed by atoms with Gasteiger partial charge in [-0.15, -0.1) is 6.58 Å². The molecule has 1 saturated heterocycles. The molecule has 0 N–H and O–H groups in total. The number of hydrogen-bond acceptors (Lipinski definition) is 5. The average molecular weight is 413 g/mol. The van der Waals surface area contributed by atoms with Crippen molar-refractivity contribution in [2.45, 2.75) is 19.8 Å². The number of amides is 2. The molecule has 0 aliphatic carbocycles. The molecule has 1 fully saturated rings. The fraction of sp³-hybridized carbons (Fsp3) is 0.364. The number of thiol groups is 1. The Hall–Kier alpha value is -2.67. The highest BCUT2D eigenvalue weighted by Gasteiger charge is 2.24. The number of piperazine rings is 1. The van der Waals surface area contributed by atoms with Crippen LogP contribution in [0.3, 0.4) is 0 Å². The van der Waals surface area contributed by atoms with Crippen molar-refractivity contribution in [2.24, 2.45) is 0 Å². The maximum atomic E-state index is 12.7. The van der Waals surface area contributed by atoms with Crippen LogP contribution in [0.5, 0.6) is 0 Å². The van der Waals surface area contributed by atoms with Crippen LogP contribution in [0.4, 0.5) is 0 Å². The number of carbonyl (C=O) groups excluding carboxylic acids is 2. The molecule has 0 atom stereocenters. The van der Waals surface area contributed by atoms with E-state index in [-0.39, 0.29) is 11.8 Å². The molecule has 154 valence electrons. The first-order chi connectivity index (χ1) is 14.1. The largest absolute Gasteiger partial charge is 0.339 e. The minimum absolute atomic E-state index is 0.0486. The van der Waals surface area contributed by atoms with Crippen LogP contribution in [0, 0.1) is 0 Å². The second kappa shape index (κ2) is 12.0. The summed E-state index contributed by atoms with van der Waals surface area (Å²) < 4.78 is 0. The number of aromatic nitrogens is 2. The summed E-state index contributed by atoms with van der Waals surface area (Å²) in [5.41, 5.74) is 2.07. The van der Waals surface area contributed by atoms with Crippen LogP contribution in [-0.2, 0) is 4.79 Å².